The molecule has 0 unspecified atom stereocenters. The van der Waals surface area contributed by atoms with Crippen LogP contribution in [0.2, 0.25) is 0 Å². The normalized spacial score (nSPS) is 17.5. The minimum absolute atomic E-state index is 0.185. The van der Waals surface area contributed by atoms with Crippen molar-refractivity contribution in [3.8, 4) is 0 Å². The summed E-state index contributed by atoms with van der Waals surface area (Å²) in [6.07, 6.45) is 6.74. The van der Waals surface area contributed by atoms with E-state index in [9.17, 15) is 4.79 Å². The third-order valence-electron chi connectivity index (χ3n) is 3.06. The summed E-state index contributed by atoms with van der Waals surface area (Å²) in [4.78, 5) is 14.1. The van der Waals surface area contributed by atoms with Crippen molar-refractivity contribution >= 4 is 5.91 Å². The minimum Gasteiger partial charge on any atom is -0.347 e. The number of rotatable bonds is 1. The second kappa shape index (κ2) is 4.51. The zero-order chi connectivity index (χ0) is 10.7. The number of carbonyl (C=O) groups excluding carboxylic acids is 1. The van der Waals surface area contributed by atoms with Crippen molar-refractivity contribution < 1.29 is 4.79 Å². The van der Waals surface area contributed by atoms with Gasteiger partial charge in [-0.25, -0.2) is 0 Å². The van der Waals surface area contributed by atoms with Crippen LogP contribution in [0.25, 0.3) is 0 Å². The van der Waals surface area contributed by atoms with Gasteiger partial charge in [0, 0.05) is 26.3 Å². The monoisotopic (exact) mass is 206 g/mol. The van der Waals surface area contributed by atoms with Gasteiger partial charge in [-0.3, -0.25) is 4.79 Å². The molecule has 2 rings (SSSR count). The Labute approximate surface area is 90.7 Å². The van der Waals surface area contributed by atoms with E-state index in [1.807, 2.05) is 34.8 Å². The molecule has 1 fully saturated rings. The standard InChI is InChI=1S/C12H18N2O/c1-13-8-6-7-11(13)12(15)14-9-4-2-3-5-10-14/h6-8H,2-5,9-10H2,1H3. The largest absolute Gasteiger partial charge is 0.347 e. The molecule has 1 amide bonds. The van der Waals surface area contributed by atoms with E-state index < -0.39 is 0 Å². The highest BCUT2D eigenvalue weighted by atomic mass is 16.2. The molecule has 2 heterocycles. The molecule has 0 saturated carbocycles. The zero-order valence-corrected chi connectivity index (χ0v) is 9.28. The number of hydrogen-bond donors (Lipinski definition) is 0. The van der Waals surface area contributed by atoms with E-state index in [4.69, 9.17) is 0 Å². The maximum atomic E-state index is 12.1. The molecule has 0 bridgehead atoms. The second-order valence-corrected chi connectivity index (χ2v) is 4.21. The summed E-state index contributed by atoms with van der Waals surface area (Å²) in [5, 5.41) is 0. The number of hydrogen-bond acceptors (Lipinski definition) is 1. The fraction of sp³-hybridized carbons (Fsp3) is 0.583. The van der Waals surface area contributed by atoms with Crippen LogP contribution in [0.1, 0.15) is 36.2 Å². The smallest absolute Gasteiger partial charge is 0.270 e. The fourth-order valence-corrected chi connectivity index (χ4v) is 2.12. The Hall–Kier alpha value is -1.25. The molecule has 1 saturated heterocycles. The van der Waals surface area contributed by atoms with Crippen LogP contribution < -0.4 is 0 Å². The molecule has 0 atom stereocenters. The van der Waals surface area contributed by atoms with Crippen LogP contribution in [-0.2, 0) is 7.05 Å². The first-order chi connectivity index (χ1) is 7.29. The highest BCUT2D eigenvalue weighted by molar-refractivity contribution is 5.92. The molecular formula is C12H18N2O. The van der Waals surface area contributed by atoms with E-state index in [1.54, 1.807) is 0 Å². The van der Waals surface area contributed by atoms with Gasteiger partial charge in [-0.2, -0.15) is 0 Å². The molecule has 3 heteroatoms. The van der Waals surface area contributed by atoms with Gasteiger partial charge < -0.3 is 9.47 Å². The summed E-state index contributed by atoms with van der Waals surface area (Å²) in [6.45, 7) is 1.84. The third kappa shape index (κ3) is 2.22. The highest BCUT2D eigenvalue weighted by Gasteiger charge is 2.18. The molecule has 0 aromatic carbocycles. The van der Waals surface area contributed by atoms with E-state index in [1.165, 1.54) is 12.8 Å². The van der Waals surface area contributed by atoms with Gasteiger partial charge in [-0.1, -0.05) is 12.8 Å². The molecule has 1 aromatic heterocycles. The van der Waals surface area contributed by atoms with Gasteiger partial charge in [0.15, 0.2) is 0 Å². The lowest BCUT2D eigenvalue weighted by Gasteiger charge is -2.20. The Morgan fingerprint density at radius 3 is 2.40 bits per heavy atom. The molecule has 0 N–H and O–H groups in total. The molecule has 15 heavy (non-hydrogen) atoms. The molecule has 3 nitrogen and oxygen atoms in total. The zero-order valence-electron chi connectivity index (χ0n) is 9.28. The predicted molar refractivity (Wildman–Crippen MR) is 59.8 cm³/mol. The van der Waals surface area contributed by atoms with Crippen molar-refractivity contribution in [3.63, 3.8) is 0 Å². The highest BCUT2D eigenvalue weighted by Crippen LogP contribution is 2.13. The van der Waals surface area contributed by atoms with Gasteiger partial charge in [0.05, 0.1) is 0 Å². The fourth-order valence-electron chi connectivity index (χ4n) is 2.12. The molecule has 0 radical (unpaired) electrons. The Bertz CT molecular complexity index is 335. The Morgan fingerprint density at radius 2 is 1.87 bits per heavy atom. The van der Waals surface area contributed by atoms with Crippen molar-refractivity contribution in [2.45, 2.75) is 25.7 Å². The first kappa shape index (κ1) is 10.3. The van der Waals surface area contributed by atoms with Gasteiger partial charge in [-0.05, 0) is 25.0 Å². The third-order valence-corrected chi connectivity index (χ3v) is 3.06. The lowest BCUT2D eigenvalue weighted by atomic mass is 10.2. The van der Waals surface area contributed by atoms with Crippen LogP contribution >= 0.6 is 0 Å². The van der Waals surface area contributed by atoms with Crippen LogP contribution in [-0.4, -0.2) is 28.5 Å². The molecule has 82 valence electrons. The predicted octanol–water partition coefficient (Wildman–Crippen LogP) is 2.04. The summed E-state index contributed by atoms with van der Waals surface area (Å²) >= 11 is 0. The maximum absolute atomic E-state index is 12.1. The first-order valence-corrected chi connectivity index (χ1v) is 5.69. The molecular weight excluding hydrogens is 188 g/mol. The van der Waals surface area contributed by atoms with E-state index in [2.05, 4.69) is 0 Å². The van der Waals surface area contributed by atoms with Crippen LogP contribution in [0.5, 0.6) is 0 Å². The molecule has 0 aliphatic carbocycles. The van der Waals surface area contributed by atoms with Crippen molar-refractivity contribution in [2.24, 2.45) is 7.05 Å². The lowest BCUT2D eigenvalue weighted by Crippen LogP contribution is -2.32. The van der Waals surface area contributed by atoms with Crippen LogP contribution in [0.4, 0.5) is 0 Å². The van der Waals surface area contributed by atoms with Gasteiger partial charge >= 0.3 is 0 Å². The average Bonchev–Trinajstić information content (AvgIpc) is 2.53. The van der Waals surface area contributed by atoms with Crippen molar-refractivity contribution in [3.05, 3.63) is 24.0 Å². The van der Waals surface area contributed by atoms with Gasteiger partial charge in [0.1, 0.15) is 5.69 Å². The Morgan fingerprint density at radius 1 is 1.20 bits per heavy atom. The SMILES string of the molecule is Cn1cccc1C(=O)N1CCCCCC1. The number of aryl methyl sites for hydroxylation is 1. The van der Waals surface area contributed by atoms with Gasteiger partial charge in [0.2, 0.25) is 0 Å². The van der Waals surface area contributed by atoms with E-state index in [0.29, 0.717) is 0 Å². The number of amides is 1. The number of carbonyl (C=O) groups is 1. The maximum Gasteiger partial charge on any atom is 0.270 e. The molecule has 1 aliphatic heterocycles. The topological polar surface area (TPSA) is 25.2 Å². The quantitative estimate of drug-likeness (QED) is 0.690. The summed E-state index contributed by atoms with van der Waals surface area (Å²) in [6, 6.07) is 3.82. The van der Waals surface area contributed by atoms with E-state index in [0.717, 1.165) is 31.6 Å². The average molecular weight is 206 g/mol. The van der Waals surface area contributed by atoms with Gasteiger partial charge in [0.25, 0.3) is 5.91 Å². The van der Waals surface area contributed by atoms with E-state index >= 15 is 0 Å². The van der Waals surface area contributed by atoms with Crippen LogP contribution in [0, 0.1) is 0 Å². The van der Waals surface area contributed by atoms with Crippen LogP contribution in [0.15, 0.2) is 18.3 Å². The summed E-state index contributed by atoms with van der Waals surface area (Å²) in [5.74, 6) is 0.185. The molecule has 1 aromatic rings. The molecule has 0 spiro atoms. The lowest BCUT2D eigenvalue weighted by molar-refractivity contribution is 0.0752. The van der Waals surface area contributed by atoms with E-state index in [-0.39, 0.29) is 5.91 Å². The van der Waals surface area contributed by atoms with Crippen molar-refractivity contribution in [1.82, 2.24) is 9.47 Å². The van der Waals surface area contributed by atoms with Crippen molar-refractivity contribution in [2.75, 3.05) is 13.1 Å². The number of likely N-dealkylation sites (tertiary alicyclic amines) is 1. The van der Waals surface area contributed by atoms with Crippen molar-refractivity contribution in [1.29, 1.82) is 0 Å². The summed E-state index contributed by atoms with van der Waals surface area (Å²) < 4.78 is 1.90. The van der Waals surface area contributed by atoms with Crippen LogP contribution in [0.3, 0.4) is 0 Å². The minimum atomic E-state index is 0.185. The van der Waals surface area contributed by atoms with Gasteiger partial charge in [-0.15, -0.1) is 0 Å². The summed E-state index contributed by atoms with van der Waals surface area (Å²) in [5.41, 5.74) is 0.803. The second-order valence-electron chi connectivity index (χ2n) is 4.21. The number of aromatic nitrogens is 1. The Kier molecular flexibility index (Phi) is 3.09. The Balaban J connectivity index is 2.09. The molecule has 1 aliphatic rings. The first-order valence-electron chi connectivity index (χ1n) is 5.69. The summed E-state index contributed by atoms with van der Waals surface area (Å²) in [7, 11) is 1.92. The number of nitrogens with zero attached hydrogens (tertiary/aromatic N) is 2.